The summed E-state index contributed by atoms with van der Waals surface area (Å²) in [7, 11) is 0. The number of hydrogen-bond acceptors (Lipinski definition) is 2. The summed E-state index contributed by atoms with van der Waals surface area (Å²) in [5.74, 6) is 1.38. The minimum Gasteiger partial charge on any atom is -0.396 e. The first kappa shape index (κ1) is 11.7. The van der Waals surface area contributed by atoms with Crippen LogP contribution in [0.1, 0.15) is 32.6 Å². The van der Waals surface area contributed by atoms with Crippen LogP contribution in [0.25, 0.3) is 0 Å². The highest BCUT2D eigenvalue weighted by Crippen LogP contribution is 2.28. The fourth-order valence-corrected chi connectivity index (χ4v) is 1.99. The van der Waals surface area contributed by atoms with E-state index in [2.05, 4.69) is 24.9 Å². The van der Waals surface area contributed by atoms with Gasteiger partial charge in [0, 0.05) is 12.6 Å². The summed E-state index contributed by atoms with van der Waals surface area (Å²) in [6.07, 6.45) is 6.65. The zero-order valence-corrected chi connectivity index (χ0v) is 9.21. The fraction of sp³-hybridized carbons (Fsp3) is 0.833. The SMILES string of the molecule is C=CC1CC(NCC(CC)CCO)C1. The van der Waals surface area contributed by atoms with Crippen molar-refractivity contribution >= 4 is 0 Å². The molecular weight excluding hydrogens is 174 g/mol. The van der Waals surface area contributed by atoms with E-state index in [0.29, 0.717) is 18.6 Å². The van der Waals surface area contributed by atoms with E-state index in [4.69, 9.17) is 5.11 Å². The molecule has 1 saturated carbocycles. The molecule has 0 heterocycles. The van der Waals surface area contributed by atoms with Crippen molar-refractivity contribution in [2.45, 2.75) is 38.6 Å². The maximum absolute atomic E-state index is 8.84. The molecule has 0 spiro atoms. The van der Waals surface area contributed by atoms with Gasteiger partial charge in [0.25, 0.3) is 0 Å². The van der Waals surface area contributed by atoms with Gasteiger partial charge in [0.05, 0.1) is 0 Å². The van der Waals surface area contributed by atoms with Crippen LogP contribution in [0.2, 0.25) is 0 Å². The van der Waals surface area contributed by atoms with E-state index in [1.165, 1.54) is 12.8 Å². The quantitative estimate of drug-likeness (QED) is 0.611. The molecule has 0 aromatic rings. The lowest BCUT2D eigenvalue weighted by molar-refractivity contribution is 0.224. The molecule has 0 aromatic carbocycles. The lowest BCUT2D eigenvalue weighted by Crippen LogP contribution is -2.42. The molecule has 1 rings (SSSR count). The Hall–Kier alpha value is -0.340. The van der Waals surface area contributed by atoms with E-state index in [1.807, 2.05) is 0 Å². The van der Waals surface area contributed by atoms with E-state index < -0.39 is 0 Å². The van der Waals surface area contributed by atoms with E-state index >= 15 is 0 Å². The van der Waals surface area contributed by atoms with Crippen LogP contribution in [-0.2, 0) is 0 Å². The fourth-order valence-electron chi connectivity index (χ4n) is 1.99. The summed E-state index contributed by atoms with van der Waals surface area (Å²) in [6.45, 7) is 7.37. The predicted molar refractivity (Wildman–Crippen MR) is 60.2 cm³/mol. The molecular formula is C12H23NO. The first-order valence-electron chi connectivity index (χ1n) is 5.76. The van der Waals surface area contributed by atoms with Crippen molar-refractivity contribution in [2.75, 3.05) is 13.2 Å². The van der Waals surface area contributed by atoms with Gasteiger partial charge in [-0.3, -0.25) is 0 Å². The summed E-state index contributed by atoms with van der Waals surface area (Å²) < 4.78 is 0. The first-order valence-corrected chi connectivity index (χ1v) is 5.76. The van der Waals surface area contributed by atoms with Crippen LogP contribution in [0.4, 0.5) is 0 Å². The summed E-state index contributed by atoms with van der Waals surface area (Å²) in [5.41, 5.74) is 0. The monoisotopic (exact) mass is 197 g/mol. The van der Waals surface area contributed by atoms with Crippen LogP contribution in [0.3, 0.4) is 0 Å². The second-order valence-electron chi connectivity index (χ2n) is 4.36. The molecule has 0 amide bonds. The molecule has 1 unspecified atom stereocenters. The lowest BCUT2D eigenvalue weighted by atomic mass is 9.80. The number of aliphatic hydroxyl groups is 1. The molecule has 1 aliphatic rings. The number of nitrogens with one attached hydrogen (secondary N) is 1. The van der Waals surface area contributed by atoms with Gasteiger partial charge in [0.1, 0.15) is 0 Å². The third-order valence-corrected chi connectivity index (χ3v) is 3.32. The van der Waals surface area contributed by atoms with Gasteiger partial charge >= 0.3 is 0 Å². The molecule has 1 atom stereocenters. The Balaban J connectivity index is 2.05. The average molecular weight is 197 g/mol. The van der Waals surface area contributed by atoms with E-state index in [-0.39, 0.29) is 0 Å². The highest BCUT2D eigenvalue weighted by atomic mass is 16.3. The van der Waals surface area contributed by atoms with Gasteiger partial charge < -0.3 is 10.4 Å². The highest BCUT2D eigenvalue weighted by molar-refractivity contribution is 4.94. The molecule has 14 heavy (non-hydrogen) atoms. The topological polar surface area (TPSA) is 32.3 Å². The molecule has 2 nitrogen and oxygen atoms in total. The van der Waals surface area contributed by atoms with Crippen LogP contribution in [0.15, 0.2) is 12.7 Å². The molecule has 0 saturated heterocycles. The summed E-state index contributed by atoms with van der Waals surface area (Å²) in [5, 5.41) is 12.4. The summed E-state index contributed by atoms with van der Waals surface area (Å²) >= 11 is 0. The molecule has 2 N–H and O–H groups in total. The minimum absolute atomic E-state index is 0.320. The van der Waals surface area contributed by atoms with Crippen molar-refractivity contribution in [3.63, 3.8) is 0 Å². The van der Waals surface area contributed by atoms with Crippen LogP contribution >= 0.6 is 0 Å². The third-order valence-electron chi connectivity index (χ3n) is 3.32. The number of hydrogen-bond donors (Lipinski definition) is 2. The zero-order chi connectivity index (χ0) is 10.4. The molecule has 0 aromatic heterocycles. The molecule has 1 fully saturated rings. The normalized spacial score (nSPS) is 28.1. The summed E-state index contributed by atoms with van der Waals surface area (Å²) in [4.78, 5) is 0. The molecule has 82 valence electrons. The molecule has 0 bridgehead atoms. The van der Waals surface area contributed by atoms with Gasteiger partial charge in [0.15, 0.2) is 0 Å². The Labute approximate surface area is 87.4 Å². The zero-order valence-electron chi connectivity index (χ0n) is 9.21. The largest absolute Gasteiger partial charge is 0.396 e. The lowest BCUT2D eigenvalue weighted by Gasteiger charge is -2.35. The Morgan fingerprint density at radius 3 is 2.79 bits per heavy atom. The minimum atomic E-state index is 0.320. The van der Waals surface area contributed by atoms with Gasteiger partial charge in [-0.05, 0) is 37.6 Å². The van der Waals surface area contributed by atoms with Crippen molar-refractivity contribution in [3.05, 3.63) is 12.7 Å². The smallest absolute Gasteiger partial charge is 0.0434 e. The van der Waals surface area contributed by atoms with Gasteiger partial charge in [-0.2, -0.15) is 0 Å². The van der Waals surface area contributed by atoms with E-state index in [1.54, 1.807) is 0 Å². The molecule has 2 heteroatoms. The van der Waals surface area contributed by atoms with Crippen LogP contribution in [-0.4, -0.2) is 24.3 Å². The molecule has 0 aliphatic heterocycles. The Kier molecular flexibility index (Phi) is 5.20. The highest BCUT2D eigenvalue weighted by Gasteiger charge is 2.26. The summed E-state index contributed by atoms with van der Waals surface area (Å²) in [6, 6.07) is 0.700. The second kappa shape index (κ2) is 6.20. The van der Waals surface area contributed by atoms with Gasteiger partial charge in [0.2, 0.25) is 0 Å². The predicted octanol–water partition coefficient (Wildman–Crippen LogP) is 1.95. The number of rotatable bonds is 7. The molecule has 1 aliphatic carbocycles. The van der Waals surface area contributed by atoms with Crippen molar-refractivity contribution in [3.8, 4) is 0 Å². The van der Waals surface area contributed by atoms with Crippen LogP contribution in [0.5, 0.6) is 0 Å². The van der Waals surface area contributed by atoms with Gasteiger partial charge in [-0.25, -0.2) is 0 Å². The Bertz CT molecular complexity index is 164. The van der Waals surface area contributed by atoms with E-state index in [0.717, 1.165) is 25.3 Å². The Morgan fingerprint density at radius 1 is 1.57 bits per heavy atom. The maximum Gasteiger partial charge on any atom is 0.0434 e. The Morgan fingerprint density at radius 2 is 2.29 bits per heavy atom. The average Bonchev–Trinajstić information content (AvgIpc) is 2.14. The number of allylic oxidation sites excluding steroid dienone is 1. The third kappa shape index (κ3) is 3.43. The van der Waals surface area contributed by atoms with Crippen molar-refractivity contribution in [2.24, 2.45) is 11.8 Å². The van der Waals surface area contributed by atoms with Crippen molar-refractivity contribution in [1.82, 2.24) is 5.32 Å². The molecule has 0 radical (unpaired) electrons. The second-order valence-corrected chi connectivity index (χ2v) is 4.36. The standard InChI is InChI=1S/C12H23NO/c1-3-10(5-6-14)9-13-12-7-11(4-2)8-12/h4,10-14H,2-3,5-9H2,1H3. The van der Waals surface area contributed by atoms with Crippen LogP contribution < -0.4 is 5.32 Å². The maximum atomic E-state index is 8.84. The van der Waals surface area contributed by atoms with E-state index in [9.17, 15) is 0 Å². The van der Waals surface area contributed by atoms with Gasteiger partial charge in [-0.15, -0.1) is 6.58 Å². The van der Waals surface area contributed by atoms with Gasteiger partial charge in [-0.1, -0.05) is 19.4 Å². The van der Waals surface area contributed by atoms with Crippen molar-refractivity contribution < 1.29 is 5.11 Å². The number of aliphatic hydroxyl groups excluding tert-OH is 1. The van der Waals surface area contributed by atoms with Crippen LogP contribution in [0, 0.1) is 11.8 Å². The van der Waals surface area contributed by atoms with Crippen molar-refractivity contribution in [1.29, 1.82) is 0 Å². The first-order chi connectivity index (χ1) is 6.80.